The van der Waals surface area contributed by atoms with E-state index in [1.165, 1.54) is 6.07 Å². The van der Waals surface area contributed by atoms with Gasteiger partial charge < -0.3 is 10.6 Å². The number of hydrogen-bond donors (Lipinski definition) is 1. The molecule has 1 aliphatic rings. The average molecular weight is 261 g/mol. The van der Waals surface area contributed by atoms with Gasteiger partial charge in [0.15, 0.2) is 0 Å². The van der Waals surface area contributed by atoms with Crippen LogP contribution in [-0.4, -0.2) is 49.6 Å². The minimum absolute atomic E-state index is 0.178. The monoisotopic (exact) mass is 261 g/mol. The number of rotatable bonds is 2. The first-order chi connectivity index (χ1) is 9.19. The summed E-state index contributed by atoms with van der Waals surface area (Å²) in [5.41, 5.74) is 6.73. The SMILES string of the molecule is CN1CCN(Cc2ccc(C#CCN)cc2F)CC1. The van der Waals surface area contributed by atoms with Crippen LogP contribution in [0.25, 0.3) is 0 Å². The van der Waals surface area contributed by atoms with Crippen LogP contribution in [0.15, 0.2) is 18.2 Å². The Hall–Kier alpha value is -1.41. The van der Waals surface area contributed by atoms with E-state index in [2.05, 4.69) is 28.7 Å². The van der Waals surface area contributed by atoms with Gasteiger partial charge in [0.1, 0.15) is 5.82 Å². The lowest BCUT2D eigenvalue weighted by molar-refractivity contribution is 0.147. The van der Waals surface area contributed by atoms with Gasteiger partial charge in [-0.1, -0.05) is 17.9 Å². The predicted octanol–water partition coefficient (Wildman–Crippen LogP) is 0.883. The van der Waals surface area contributed by atoms with Crippen molar-refractivity contribution in [1.29, 1.82) is 0 Å². The molecule has 1 fully saturated rings. The molecule has 0 saturated carbocycles. The molecule has 2 rings (SSSR count). The predicted molar refractivity (Wildman–Crippen MR) is 75.1 cm³/mol. The normalized spacial score (nSPS) is 17.0. The van der Waals surface area contributed by atoms with Gasteiger partial charge in [0.25, 0.3) is 0 Å². The average Bonchev–Trinajstić information content (AvgIpc) is 2.41. The van der Waals surface area contributed by atoms with E-state index in [-0.39, 0.29) is 5.82 Å². The van der Waals surface area contributed by atoms with Crippen LogP contribution in [0, 0.1) is 17.7 Å². The first-order valence-corrected chi connectivity index (χ1v) is 6.57. The van der Waals surface area contributed by atoms with E-state index in [9.17, 15) is 4.39 Å². The van der Waals surface area contributed by atoms with Crippen molar-refractivity contribution in [3.05, 3.63) is 35.1 Å². The molecule has 0 aliphatic carbocycles. The lowest BCUT2D eigenvalue weighted by atomic mass is 10.1. The van der Waals surface area contributed by atoms with Crippen molar-refractivity contribution in [3.63, 3.8) is 0 Å². The number of benzene rings is 1. The summed E-state index contributed by atoms with van der Waals surface area (Å²) >= 11 is 0. The molecule has 1 heterocycles. The highest BCUT2D eigenvalue weighted by Gasteiger charge is 2.15. The van der Waals surface area contributed by atoms with Gasteiger partial charge in [-0.2, -0.15) is 0 Å². The van der Waals surface area contributed by atoms with Gasteiger partial charge in [-0.3, -0.25) is 4.90 Å². The van der Waals surface area contributed by atoms with E-state index in [0.717, 1.165) is 31.7 Å². The van der Waals surface area contributed by atoms with Gasteiger partial charge in [-0.15, -0.1) is 0 Å². The topological polar surface area (TPSA) is 32.5 Å². The summed E-state index contributed by atoms with van der Waals surface area (Å²) in [6, 6.07) is 5.18. The smallest absolute Gasteiger partial charge is 0.128 e. The molecule has 4 heteroatoms. The van der Waals surface area contributed by atoms with E-state index >= 15 is 0 Å². The van der Waals surface area contributed by atoms with Crippen LogP contribution in [0.3, 0.4) is 0 Å². The number of nitrogens with zero attached hydrogens (tertiary/aromatic N) is 2. The summed E-state index contributed by atoms with van der Waals surface area (Å²) in [6.45, 7) is 5.04. The summed E-state index contributed by atoms with van der Waals surface area (Å²) < 4.78 is 14.0. The van der Waals surface area contributed by atoms with Crippen molar-refractivity contribution in [3.8, 4) is 11.8 Å². The minimum atomic E-state index is -0.178. The molecule has 0 spiro atoms. The summed E-state index contributed by atoms with van der Waals surface area (Å²) in [4.78, 5) is 4.57. The van der Waals surface area contributed by atoms with Crippen molar-refractivity contribution in [2.45, 2.75) is 6.54 Å². The van der Waals surface area contributed by atoms with Crippen molar-refractivity contribution in [1.82, 2.24) is 9.80 Å². The third-order valence-corrected chi connectivity index (χ3v) is 3.38. The van der Waals surface area contributed by atoms with Crippen LogP contribution in [0.2, 0.25) is 0 Å². The van der Waals surface area contributed by atoms with Crippen LogP contribution in [-0.2, 0) is 6.54 Å². The second kappa shape index (κ2) is 6.67. The Labute approximate surface area is 114 Å². The summed E-state index contributed by atoms with van der Waals surface area (Å²) in [5.74, 6) is 5.40. The van der Waals surface area contributed by atoms with Gasteiger partial charge >= 0.3 is 0 Å². The molecule has 0 radical (unpaired) electrons. The fourth-order valence-electron chi connectivity index (χ4n) is 2.15. The van der Waals surface area contributed by atoms with Crippen molar-refractivity contribution in [2.24, 2.45) is 5.73 Å². The Bertz CT molecular complexity index is 482. The van der Waals surface area contributed by atoms with Crippen LogP contribution < -0.4 is 5.73 Å². The fourth-order valence-corrected chi connectivity index (χ4v) is 2.15. The van der Waals surface area contributed by atoms with E-state index in [1.807, 2.05) is 12.1 Å². The molecule has 1 aromatic rings. The van der Waals surface area contributed by atoms with E-state index in [4.69, 9.17) is 5.73 Å². The van der Waals surface area contributed by atoms with E-state index in [1.54, 1.807) is 0 Å². The number of piperazine rings is 1. The van der Waals surface area contributed by atoms with E-state index < -0.39 is 0 Å². The van der Waals surface area contributed by atoms with E-state index in [0.29, 0.717) is 18.7 Å². The fraction of sp³-hybridized carbons (Fsp3) is 0.467. The zero-order valence-electron chi connectivity index (χ0n) is 11.3. The molecule has 0 amide bonds. The highest BCUT2D eigenvalue weighted by atomic mass is 19.1. The minimum Gasteiger partial charge on any atom is -0.320 e. The van der Waals surface area contributed by atoms with Crippen molar-refractivity contribution < 1.29 is 4.39 Å². The molecule has 0 atom stereocenters. The molecule has 2 N–H and O–H groups in total. The molecule has 102 valence electrons. The van der Waals surface area contributed by atoms with Gasteiger partial charge in [-0.25, -0.2) is 4.39 Å². The molecular weight excluding hydrogens is 241 g/mol. The summed E-state index contributed by atoms with van der Waals surface area (Å²) in [6.07, 6.45) is 0. The lowest BCUT2D eigenvalue weighted by Crippen LogP contribution is -2.44. The summed E-state index contributed by atoms with van der Waals surface area (Å²) in [5, 5.41) is 0. The first kappa shape index (κ1) is 14.0. The van der Waals surface area contributed by atoms with Crippen LogP contribution in [0.5, 0.6) is 0 Å². The molecule has 0 aromatic heterocycles. The second-order valence-electron chi connectivity index (χ2n) is 4.89. The maximum absolute atomic E-state index is 14.0. The van der Waals surface area contributed by atoms with Crippen LogP contribution in [0.1, 0.15) is 11.1 Å². The number of nitrogens with two attached hydrogens (primary N) is 1. The highest BCUT2D eigenvalue weighted by molar-refractivity contribution is 5.37. The molecule has 1 saturated heterocycles. The van der Waals surface area contributed by atoms with Crippen molar-refractivity contribution >= 4 is 0 Å². The molecule has 0 unspecified atom stereocenters. The third-order valence-electron chi connectivity index (χ3n) is 3.38. The highest BCUT2D eigenvalue weighted by Crippen LogP contribution is 2.13. The van der Waals surface area contributed by atoms with Crippen LogP contribution >= 0.6 is 0 Å². The van der Waals surface area contributed by atoms with Gasteiger partial charge in [-0.05, 0) is 19.2 Å². The molecule has 1 aliphatic heterocycles. The molecule has 1 aromatic carbocycles. The second-order valence-corrected chi connectivity index (χ2v) is 4.89. The number of hydrogen-bond acceptors (Lipinski definition) is 3. The molecule has 3 nitrogen and oxygen atoms in total. The van der Waals surface area contributed by atoms with Crippen molar-refractivity contribution in [2.75, 3.05) is 39.8 Å². The Kier molecular flexibility index (Phi) is 4.92. The quantitative estimate of drug-likeness (QED) is 0.802. The third kappa shape index (κ3) is 4.03. The van der Waals surface area contributed by atoms with Crippen LogP contribution in [0.4, 0.5) is 4.39 Å². The maximum Gasteiger partial charge on any atom is 0.128 e. The Morgan fingerprint density at radius 3 is 2.63 bits per heavy atom. The largest absolute Gasteiger partial charge is 0.320 e. The molecular formula is C15H20FN3. The molecule has 19 heavy (non-hydrogen) atoms. The summed E-state index contributed by atoms with van der Waals surface area (Å²) in [7, 11) is 2.11. The van der Waals surface area contributed by atoms with Gasteiger partial charge in [0.05, 0.1) is 6.54 Å². The first-order valence-electron chi connectivity index (χ1n) is 6.57. The molecule has 0 bridgehead atoms. The van der Waals surface area contributed by atoms with Gasteiger partial charge in [0.2, 0.25) is 0 Å². The number of halogens is 1. The zero-order chi connectivity index (χ0) is 13.7. The zero-order valence-corrected chi connectivity index (χ0v) is 11.3. The maximum atomic E-state index is 14.0. The van der Waals surface area contributed by atoms with Gasteiger partial charge in [0, 0.05) is 43.9 Å². The Balaban J connectivity index is 2.01. The Morgan fingerprint density at radius 2 is 2.00 bits per heavy atom. The standard InChI is InChI=1S/C15H20FN3/c1-18-7-9-19(10-8-18)12-14-5-4-13(3-2-6-17)11-15(14)16/h4-5,11H,6-10,12,17H2,1H3. The Morgan fingerprint density at radius 1 is 1.26 bits per heavy atom. The number of likely N-dealkylation sites (N-methyl/N-ethyl adjacent to an activating group) is 1. The lowest BCUT2D eigenvalue weighted by Gasteiger charge is -2.32.